The van der Waals surface area contributed by atoms with Crippen LogP contribution in [0.4, 0.5) is 0 Å². The second kappa shape index (κ2) is 6.40. The molecule has 1 unspecified atom stereocenters. The van der Waals surface area contributed by atoms with Gasteiger partial charge in [-0.2, -0.15) is 11.8 Å². The van der Waals surface area contributed by atoms with E-state index in [2.05, 4.69) is 44.0 Å². The van der Waals surface area contributed by atoms with E-state index in [4.69, 9.17) is 5.73 Å². The first kappa shape index (κ1) is 12.9. The maximum Gasteiger partial charge on any atom is 0.0576 e. The number of halogens is 1. The van der Waals surface area contributed by atoms with Crippen molar-refractivity contribution in [2.24, 2.45) is 5.73 Å². The predicted octanol–water partition coefficient (Wildman–Crippen LogP) is 2.95. The molecule has 16 heavy (non-hydrogen) atoms. The highest BCUT2D eigenvalue weighted by atomic mass is 79.9. The van der Waals surface area contributed by atoms with Gasteiger partial charge in [-0.3, -0.25) is 4.90 Å². The summed E-state index contributed by atoms with van der Waals surface area (Å²) in [5, 5.41) is 2.13. The summed E-state index contributed by atoms with van der Waals surface area (Å²) >= 11 is 7.48. The van der Waals surface area contributed by atoms with Crippen LogP contribution < -0.4 is 5.73 Å². The van der Waals surface area contributed by atoms with Gasteiger partial charge >= 0.3 is 0 Å². The lowest BCUT2D eigenvalue weighted by Gasteiger charge is -2.29. The van der Waals surface area contributed by atoms with Crippen molar-refractivity contribution in [3.8, 4) is 0 Å². The Morgan fingerprint density at radius 3 is 3.00 bits per heavy atom. The molecule has 0 amide bonds. The van der Waals surface area contributed by atoms with E-state index in [1.54, 1.807) is 0 Å². The summed E-state index contributed by atoms with van der Waals surface area (Å²) in [6, 6.07) is 2.52. The highest BCUT2D eigenvalue weighted by Crippen LogP contribution is 2.33. The van der Waals surface area contributed by atoms with Crippen molar-refractivity contribution in [1.29, 1.82) is 0 Å². The van der Waals surface area contributed by atoms with E-state index in [1.807, 2.05) is 11.3 Å². The number of hydrogen-bond donors (Lipinski definition) is 1. The van der Waals surface area contributed by atoms with Crippen LogP contribution in [0, 0.1) is 0 Å². The van der Waals surface area contributed by atoms with Crippen molar-refractivity contribution >= 4 is 39.0 Å². The summed E-state index contributed by atoms with van der Waals surface area (Å²) in [5.74, 6) is 2.53. The van der Waals surface area contributed by atoms with Gasteiger partial charge in [-0.05, 0) is 46.1 Å². The molecule has 0 saturated carbocycles. The van der Waals surface area contributed by atoms with Crippen LogP contribution in [0.15, 0.2) is 15.9 Å². The van der Waals surface area contributed by atoms with Crippen LogP contribution >= 0.6 is 39.0 Å². The number of nitrogens with two attached hydrogens (primary N) is 1. The van der Waals surface area contributed by atoms with Gasteiger partial charge in [-0.15, -0.1) is 11.3 Å². The van der Waals surface area contributed by atoms with Crippen LogP contribution in [-0.2, 0) is 0 Å². The number of thioether (sulfide) groups is 1. The van der Waals surface area contributed by atoms with Crippen molar-refractivity contribution in [3.05, 3.63) is 20.8 Å². The maximum atomic E-state index is 5.95. The van der Waals surface area contributed by atoms with E-state index in [1.165, 1.54) is 33.8 Å². The molecule has 1 aliphatic rings. The molecule has 90 valence electrons. The number of rotatable bonds is 3. The molecule has 1 aliphatic heterocycles. The Kier molecular flexibility index (Phi) is 5.16. The zero-order valence-corrected chi connectivity index (χ0v) is 12.4. The molecule has 1 fully saturated rings. The highest BCUT2D eigenvalue weighted by molar-refractivity contribution is 9.10. The standard InChI is InChI=1S/C11H17BrN2S2/c12-9-2-6-16-11(9)10(8-13)14-3-1-5-15-7-4-14/h2,6,10H,1,3-5,7-8,13H2. The molecular weight excluding hydrogens is 304 g/mol. The summed E-state index contributed by atoms with van der Waals surface area (Å²) in [6.07, 6.45) is 1.28. The SMILES string of the molecule is NCC(c1sccc1Br)N1CCCSCC1. The van der Waals surface area contributed by atoms with Crippen molar-refractivity contribution in [3.63, 3.8) is 0 Å². The minimum atomic E-state index is 0.396. The molecule has 1 saturated heterocycles. The van der Waals surface area contributed by atoms with Crippen LogP contribution in [0.2, 0.25) is 0 Å². The molecule has 0 spiro atoms. The first-order valence-corrected chi connectivity index (χ1v) is 8.40. The molecule has 1 aromatic rings. The lowest BCUT2D eigenvalue weighted by Crippen LogP contribution is -2.35. The third-order valence-corrected chi connectivity index (χ3v) is 5.89. The minimum absolute atomic E-state index is 0.396. The minimum Gasteiger partial charge on any atom is -0.329 e. The van der Waals surface area contributed by atoms with E-state index in [0.29, 0.717) is 12.6 Å². The van der Waals surface area contributed by atoms with Gasteiger partial charge in [0.2, 0.25) is 0 Å². The first-order chi connectivity index (χ1) is 7.83. The first-order valence-electron chi connectivity index (χ1n) is 5.57. The molecule has 0 aromatic carbocycles. The van der Waals surface area contributed by atoms with Gasteiger partial charge in [0.15, 0.2) is 0 Å². The Balaban J connectivity index is 2.12. The summed E-state index contributed by atoms with van der Waals surface area (Å²) in [5.41, 5.74) is 5.95. The van der Waals surface area contributed by atoms with Crippen molar-refractivity contribution < 1.29 is 0 Å². The third kappa shape index (κ3) is 3.01. The van der Waals surface area contributed by atoms with Gasteiger partial charge in [-0.1, -0.05) is 0 Å². The molecule has 1 aromatic heterocycles. The number of nitrogens with zero attached hydrogens (tertiary/aromatic N) is 1. The smallest absolute Gasteiger partial charge is 0.0576 e. The molecule has 2 heterocycles. The Bertz CT molecular complexity index is 322. The maximum absolute atomic E-state index is 5.95. The predicted molar refractivity (Wildman–Crippen MR) is 77.3 cm³/mol. The average Bonchev–Trinajstić information content (AvgIpc) is 2.57. The fourth-order valence-electron chi connectivity index (χ4n) is 2.04. The normalized spacial score (nSPS) is 20.6. The van der Waals surface area contributed by atoms with E-state index in [9.17, 15) is 0 Å². The van der Waals surface area contributed by atoms with Crippen LogP contribution in [-0.4, -0.2) is 36.0 Å². The van der Waals surface area contributed by atoms with Crippen molar-refractivity contribution in [2.75, 3.05) is 31.1 Å². The van der Waals surface area contributed by atoms with Gasteiger partial charge in [0.25, 0.3) is 0 Å². The van der Waals surface area contributed by atoms with Gasteiger partial charge in [0.05, 0.1) is 6.04 Å². The lowest BCUT2D eigenvalue weighted by molar-refractivity contribution is 0.220. The van der Waals surface area contributed by atoms with Gasteiger partial charge in [-0.25, -0.2) is 0 Å². The zero-order valence-electron chi connectivity index (χ0n) is 9.19. The highest BCUT2D eigenvalue weighted by Gasteiger charge is 2.22. The average molecular weight is 321 g/mol. The zero-order chi connectivity index (χ0) is 11.4. The van der Waals surface area contributed by atoms with Gasteiger partial charge < -0.3 is 5.73 Å². The summed E-state index contributed by atoms with van der Waals surface area (Å²) in [7, 11) is 0. The van der Waals surface area contributed by atoms with Crippen molar-refractivity contribution in [1.82, 2.24) is 4.90 Å². The van der Waals surface area contributed by atoms with Gasteiger partial charge in [0.1, 0.15) is 0 Å². The van der Waals surface area contributed by atoms with E-state index in [-0.39, 0.29) is 0 Å². The molecule has 0 bridgehead atoms. The Morgan fingerprint density at radius 2 is 2.31 bits per heavy atom. The number of hydrogen-bond acceptors (Lipinski definition) is 4. The fourth-order valence-corrected chi connectivity index (χ4v) is 4.73. The molecule has 1 atom stereocenters. The summed E-state index contributed by atoms with van der Waals surface area (Å²) < 4.78 is 1.21. The van der Waals surface area contributed by atoms with Crippen LogP contribution in [0.5, 0.6) is 0 Å². The molecule has 0 aliphatic carbocycles. The Hall–Kier alpha value is 0.450. The molecule has 2 rings (SSSR count). The molecule has 2 nitrogen and oxygen atoms in total. The van der Waals surface area contributed by atoms with Crippen molar-refractivity contribution in [2.45, 2.75) is 12.5 Å². The largest absolute Gasteiger partial charge is 0.329 e. The topological polar surface area (TPSA) is 29.3 Å². The molecule has 5 heteroatoms. The second-order valence-electron chi connectivity index (χ2n) is 3.89. The van der Waals surface area contributed by atoms with E-state index >= 15 is 0 Å². The van der Waals surface area contributed by atoms with E-state index < -0.39 is 0 Å². The Morgan fingerprint density at radius 1 is 1.44 bits per heavy atom. The van der Waals surface area contributed by atoms with Crippen LogP contribution in [0.3, 0.4) is 0 Å². The van der Waals surface area contributed by atoms with Crippen LogP contribution in [0.25, 0.3) is 0 Å². The molecule has 2 N–H and O–H groups in total. The van der Waals surface area contributed by atoms with E-state index in [0.717, 1.165) is 6.54 Å². The second-order valence-corrected chi connectivity index (χ2v) is 6.91. The molecular formula is C11H17BrN2S2. The monoisotopic (exact) mass is 320 g/mol. The lowest BCUT2D eigenvalue weighted by atomic mass is 10.2. The summed E-state index contributed by atoms with van der Waals surface area (Å²) in [6.45, 7) is 3.06. The van der Waals surface area contributed by atoms with Gasteiger partial charge in [0, 0.05) is 28.2 Å². The quantitative estimate of drug-likeness (QED) is 0.928. The third-order valence-electron chi connectivity index (χ3n) is 2.87. The summed E-state index contributed by atoms with van der Waals surface area (Å²) in [4.78, 5) is 3.92. The Labute approximate surface area is 114 Å². The number of thiophene rings is 1. The fraction of sp³-hybridized carbons (Fsp3) is 0.636. The van der Waals surface area contributed by atoms with Crippen LogP contribution in [0.1, 0.15) is 17.3 Å². The molecule has 0 radical (unpaired) electrons.